The van der Waals surface area contributed by atoms with Crippen LogP contribution in [0.25, 0.3) is 10.9 Å². The van der Waals surface area contributed by atoms with Crippen LogP contribution < -0.4 is 16.5 Å². The SMILES string of the molecule is CC(C)C[C@@H](C(=O)NN(C[C@@H]1CCNC1=O)C(=O)[C@H](F)Cl)n1c(C(N)=O)cc2c(F)cccc21. The maximum absolute atomic E-state index is 14.4. The number of fused-ring (bicyclic) bond motifs is 1. The Morgan fingerprint density at radius 3 is 2.62 bits per heavy atom. The Bertz CT molecular complexity index is 1120. The van der Waals surface area contributed by atoms with Gasteiger partial charge in [0.05, 0.1) is 18.0 Å². The normalized spacial score (nSPS) is 17.5. The van der Waals surface area contributed by atoms with Crippen molar-refractivity contribution in [2.24, 2.45) is 17.6 Å². The fourth-order valence-electron chi connectivity index (χ4n) is 4.07. The van der Waals surface area contributed by atoms with Crippen molar-refractivity contribution in [2.75, 3.05) is 13.1 Å². The zero-order valence-corrected chi connectivity index (χ0v) is 19.4. The molecule has 1 aliphatic heterocycles. The van der Waals surface area contributed by atoms with E-state index in [1.807, 2.05) is 13.8 Å². The fraction of sp³-hybridized carbons (Fsp3) is 0.455. The number of nitrogens with two attached hydrogens (primary N) is 1. The highest BCUT2D eigenvalue weighted by Gasteiger charge is 2.34. The average Bonchev–Trinajstić information content (AvgIpc) is 3.35. The van der Waals surface area contributed by atoms with Crippen LogP contribution in [-0.4, -0.2) is 51.9 Å². The Morgan fingerprint density at radius 2 is 2.06 bits per heavy atom. The van der Waals surface area contributed by atoms with Crippen molar-refractivity contribution in [2.45, 2.75) is 38.4 Å². The van der Waals surface area contributed by atoms with Gasteiger partial charge in [0.1, 0.15) is 17.6 Å². The highest BCUT2D eigenvalue weighted by atomic mass is 35.5. The Hall–Kier alpha value is -3.21. The summed E-state index contributed by atoms with van der Waals surface area (Å²) < 4.78 is 29.4. The Labute approximate surface area is 199 Å². The number of rotatable bonds is 8. The zero-order chi connectivity index (χ0) is 25.2. The second kappa shape index (κ2) is 10.4. The van der Waals surface area contributed by atoms with Gasteiger partial charge in [0.15, 0.2) is 0 Å². The molecule has 0 bridgehead atoms. The van der Waals surface area contributed by atoms with E-state index in [0.29, 0.717) is 18.0 Å². The summed E-state index contributed by atoms with van der Waals surface area (Å²) in [5, 5.41) is 3.38. The summed E-state index contributed by atoms with van der Waals surface area (Å²) >= 11 is 5.34. The number of nitrogens with one attached hydrogen (secondary N) is 2. The molecule has 0 aliphatic carbocycles. The summed E-state index contributed by atoms with van der Waals surface area (Å²) in [5.74, 6) is -4.57. The van der Waals surface area contributed by atoms with Crippen LogP contribution in [0.1, 0.15) is 43.2 Å². The summed E-state index contributed by atoms with van der Waals surface area (Å²) in [7, 11) is 0. The van der Waals surface area contributed by atoms with E-state index < -0.39 is 41.1 Å². The Balaban J connectivity index is 2.02. The van der Waals surface area contributed by atoms with Crippen molar-refractivity contribution < 1.29 is 28.0 Å². The van der Waals surface area contributed by atoms with E-state index in [-0.39, 0.29) is 41.4 Å². The highest BCUT2D eigenvalue weighted by Crippen LogP contribution is 2.30. The summed E-state index contributed by atoms with van der Waals surface area (Å²) in [5.41, 5.74) is 5.58. The molecule has 2 heterocycles. The third-order valence-corrected chi connectivity index (χ3v) is 5.84. The van der Waals surface area contributed by atoms with Crippen molar-refractivity contribution in [1.82, 2.24) is 20.3 Å². The molecule has 0 radical (unpaired) electrons. The van der Waals surface area contributed by atoms with Crippen molar-refractivity contribution in [3.63, 3.8) is 0 Å². The van der Waals surface area contributed by atoms with Gasteiger partial charge in [-0.15, -0.1) is 0 Å². The molecular formula is C22H26ClF2N5O4. The van der Waals surface area contributed by atoms with Gasteiger partial charge in [0.2, 0.25) is 5.91 Å². The minimum atomic E-state index is -2.45. The maximum atomic E-state index is 14.4. The summed E-state index contributed by atoms with van der Waals surface area (Å²) in [6.45, 7) is 3.76. The number of hydrogen-bond donors (Lipinski definition) is 3. The van der Waals surface area contributed by atoms with Crippen molar-refractivity contribution in [3.8, 4) is 0 Å². The largest absolute Gasteiger partial charge is 0.364 e. The van der Waals surface area contributed by atoms with E-state index in [0.717, 1.165) is 0 Å². The lowest BCUT2D eigenvalue weighted by molar-refractivity contribution is -0.146. The molecule has 9 nitrogen and oxygen atoms in total. The number of alkyl halides is 2. The molecule has 1 saturated heterocycles. The molecular weight excluding hydrogens is 472 g/mol. The first kappa shape index (κ1) is 25.4. The molecule has 2 aromatic rings. The predicted octanol–water partition coefficient (Wildman–Crippen LogP) is 2.00. The second-order valence-electron chi connectivity index (χ2n) is 8.58. The van der Waals surface area contributed by atoms with Crippen LogP contribution >= 0.6 is 11.6 Å². The third kappa shape index (κ3) is 5.30. The Morgan fingerprint density at radius 1 is 1.35 bits per heavy atom. The number of hydrogen-bond acceptors (Lipinski definition) is 4. The molecule has 3 atom stereocenters. The van der Waals surface area contributed by atoms with Crippen molar-refractivity contribution in [3.05, 3.63) is 35.8 Å². The molecule has 0 unspecified atom stereocenters. The second-order valence-corrected chi connectivity index (χ2v) is 8.97. The molecule has 1 aromatic carbocycles. The van der Waals surface area contributed by atoms with Crippen LogP contribution in [0, 0.1) is 17.7 Å². The molecule has 34 heavy (non-hydrogen) atoms. The number of halogens is 3. The smallest absolute Gasteiger partial charge is 0.291 e. The van der Waals surface area contributed by atoms with E-state index >= 15 is 0 Å². The molecule has 4 N–H and O–H groups in total. The average molecular weight is 498 g/mol. The van der Waals surface area contributed by atoms with Gasteiger partial charge in [-0.3, -0.25) is 24.6 Å². The fourth-order valence-corrected chi connectivity index (χ4v) is 4.19. The number of nitrogens with zero attached hydrogens (tertiary/aromatic N) is 2. The molecule has 1 aromatic heterocycles. The molecule has 12 heteroatoms. The van der Waals surface area contributed by atoms with Crippen LogP contribution in [0.2, 0.25) is 0 Å². The molecule has 0 saturated carbocycles. The topological polar surface area (TPSA) is 127 Å². The Kier molecular flexibility index (Phi) is 7.75. The number of carbonyl (C=O) groups is 4. The van der Waals surface area contributed by atoms with Gasteiger partial charge >= 0.3 is 0 Å². The molecule has 1 fully saturated rings. The zero-order valence-electron chi connectivity index (χ0n) is 18.7. The number of carbonyl (C=O) groups excluding carboxylic acids is 4. The lowest BCUT2D eigenvalue weighted by Crippen LogP contribution is -2.53. The number of benzene rings is 1. The lowest BCUT2D eigenvalue weighted by atomic mass is 10.0. The van der Waals surface area contributed by atoms with Gasteiger partial charge in [-0.2, -0.15) is 0 Å². The highest BCUT2D eigenvalue weighted by molar-refractivity contribution is 6.29. The standard InChI is InChI=1S/C22H26ClF2N5O4/c1-11(2)8-17(30-15-5-3-4-14(24)13(15)9-16(30)19(26)31)21(33)28-29(22(34)18(23)25)10-12-6-7-27-20(12)32/h3-5,9,11-12,17-18H,6-8,10H2,1-2H3,(H2,26,31)(H,27,32)(H,28,33)/t12-,17-,18-/m0/s1. The quantitative estimate of drug-likeness (QED) is 0.381. The van der Waals surface area contributed by atoms with E-state index in [1.165, 1.54) is 28.8 Å². The lowest BCUT2D eigenvalue weighted by Gasteiger charge is -2.29. The molecule has 1 aliphatic rings. The van der Waals surface area contributed by atoms with Gasteiger partial charge in [-0.25, -0.2) is 13.8 Å². The molecule has 184 valence electrons. The molecule has 3 rings (SSSR count). The predicted molar refractivity (Wildman–Crippen MR) is 121 cm³/mol. The minimum absolute atomic E-state index is 0.0748. The number of aromatic nitrogens is 1. The maximum Gasteiger partial charge on any atom is 0.291 e. The van der Waals surface area contributed by atoms with Crippen molar-refractivity contribution in [1.29, 1.82) is 0 Å². The van der Waals surface area contributed by atoms with Gasteiger partial charge in [0, 0.05) is 11.9 Å². The van der Waals surface area contributed by atoms with E-state index in [4.69, 9.17) is 17.3 Å². The molecule has 0 spiro atoms. The van der Waals surface area contributed by atoms with Crippen LogP contribution in [0.5, 0.6) is 0 Å². The third-order valence-electron chi connectivity index (χ3n) is 5.66. The molecule has 4 amide bonds. The van der Waals surface area contributed by atoms with E-state index in [9.17, 15) is 28.0 Å². The number of primary amides is 1. The van der Waals surface area contributed by atoms with Gasteiger partial charge in [-0.1, -0.05) is 31.5 Å². The van der Waals surface area contributed by atoms with Gasteiger partial charge in [0.25, 0.3) is 23.4 Å². The van der Waals surface area contributed by atoms with E-state index in [2.05, 4.69) is 10.7 Å². The van der Waals surface area contributed by atoms with Crippen LogP contribution in [0.15, 0.2) is 24.3 Å². The number of amides is 4. The van der Waals surface area contributed by atoms with Crippen LogP contribution in [0.4, 0.5) is 8.78 Å². The van der Waals surface area contributed by atoms with E-state index in [1.54, 1.807) is 0 Å². The van der Waals surface area contributed by atoms with Gasteiger partial charge in [-0.05, 0) is 37.0 Å². The minimum Gasteiger partial charge on any atom is -0.364 e. The summed E-state index contributed by atoms with van der Waals surface area (Å²) in [6.07, 6.45) is 0.568. The first-order valence-corrected chi connectivity index (χ1v) is 11.2. The van der Waals surface area contributed by atoms with Gasteiger partial charge < -0.3 is 15.6 Å². The first-order valence-electron chi connectivity index (χ1n) is 10.8. The summed E-state index contributed by atoms with van der Waals surface area (Å²) in [6, 6.07) is 4.33. The van der Waals surface area contributed by atoms with Crippen LogP contribution in [-0.2, 0) is 14.4 Å². The monoisotopic (exact) mass is 497 g/mol. The van der Waals surface area contributed by atoms with Crippen molar-refractivity contribution >= 4 is 46.1 Å². The first-order chi connectivity index (χ1) is 16.0. The summed E-state index contributed by atoms with van der Waals surface area (Å²) in [4.78, 5) is 50.0. The number of hydrazine groups is 1. The van der Waals surface area contributed by atoms with Crippen LogP contribution in [0.3, 0.4) is 0 Å².